The van der Waals surface area contributed by atoms with Crippen LogP contribution in [-0.4, -0.2) is 31.9 Å². The molecule has 2 aromatic heterocycles. The van der Waals surface area contributed by atoms with Gasteiger partial charge in [-0.1, -0.05) is 35.3 Å². The van der Waals surface area contributed by atoms with Gasteiger partial charge in [-0.3, -0.25) is 9.36 Å². The van der Waals surface area contributed by atoms with Crippen LogP contribution in [0.25, 0.3) is 5.82 Å². The standard InChI is InChI=1S/C19H16Cl2N4O/c1-12-18-15(25(11-23-18)16-7-2-3-9-22-16)8-10-24(12)19(26)13-5-4-6-14(20)17(13)21/h2-7,9,11-12H,8,10H2,1H3/t12-/m0/s1. The van der Waals surface area contributed by atoms with E-state index in [0.717, 1.165) is 17.2 Å². The SMILES string of the molecule is C[C@H]1c2ncn(-c3ccccn3)c2CCN1C(=O)c1cccc(Cl)c1Cl. The Bertz CT molecular complexity index is 971. The van der Waals surface area contributed by atoms with Gasteiger partial charge < -0.3 is 4.90 Å². The number of carbonyl (C=O) groups excluding carboxylic acids is 1. The van der Waals surface area contributed by atoms with Crippen molar-refractivity contribution in [1.82, 2.24) is 19.4 Å². The quantitative estimate of drug-likeness (QED) is 0.658. The van der Waals surface area contributed by atoms with Gasteiger partial charge in [0, 0.05) is 19.2 Å². The van der Waals surface area contributed by atoms with Gasteiger partial charge in [-0.15, -0.1) is 0 Å². The van der Waals surface area contributed by atoms with Gasteiger partial charge in [0.1, 0.15) is 12.1 Å². The molecular weight excluding hydrogens is 371 g/mol. The fourth-order valence-electron chi connectivity index (χ4n) is 3.35. The summed E-state index contributed by atoms with van der Waals surface area (Å²) in [4.78, 5) is 23.7. The molecule has 0 spiro atoms. The van der Waals surface area contributed by atoms with Gasteiger partial charge in [0.2, 0.25) is 0 Å². The molecule has 1 amide bonds. The number of pyridine rings is 1. The van der Waals surface area contributed by atoms with Crippen LogP contribution in [0.1, 0.15) is 34.7 Å². The molecule has 4 rings (SSSR count). The fraction of sp³-hybridized carbons (Fsp3) is 0.211. The first-order chi connectivity index (χ1) is 12.6. The molecule has 1 aromatic carbocycles. The summed E-state index contributed by atoms with van der Waals surface area (Å²) in [5.74, 6) is 0.689. The highest BCUT2D eigenvalue weighted by Gasteiger charge is 2.32. The number of benzene rings is 1. The number of amides is 1. The van der Waals surface area contributed by atoms with E-state index in [2.05, 4.69) is 9.97 Å². The number of imidazole rings is 1. The summed E-state index contributed by atoms with van der Waals surface area (Å²) >= 11 is 12.3. The Kier molecular flexibility index (Phi) is 4.42. The maximum atomic E-state index is 13.0. The van der Waals surface area contributed by atoms with Crippen LogP contribution in [-0.2, 0) is 6.42 Å². The van der Waals surface area contributed by atoms with E-state index in [0.29, 0.717) is 23.6 Å². The number of nitrogens with zero attached hydrogens (tertiary/aromatic N) is 4. The summed E-state index contributed by atoms with van der Waals surface area (Å²) in [7, 11) is 0. The van der Waals surface area contributed by atoms with E-state index < -0.39 is 0 Å². The third-order valence-electron chi connectivity index (χ3n) is 4.69. The normalized spacial score (nSPS) is 16.4. The number of hydrogen-bond acceptors (Lipinski definition) is 3. The molecule has 3 aromatic rings. The van der Waals surface area contributed by atoms with Crippen molar-refractivity contribution in [3.05, 3.63) is 75.9 Å². The Morgan fingerprint density at radius 3 is 2.77 bits per heavy atom. The predicted octanol–water partition coefficient (Wildman–Crippen LogP) is 4.33. The molecule has 0 bridgehead atoms. The third-order valence-corrected chi connectivity index (χ3v) is 5.51. The summed E-state index contributed by atoms with van der Waals surface area (Å²) in [6.07, 6.45) is 4.22. The molecular formula is C19H16Cl2N4O. The largest absolute Gasteiger partial charge is 0.330 e. The Labute approximate surface area is 161 Å². The van der Waals surface area contributed by atoms with E-state index in [-0.39, 0.29) is 17.0 Å². The van der Waals surface area contributed by atoms with Crippen molar-refractivity contribution in [2.45, 2.75) is 19.4 Å². The van der Waals surface area contributed by atoms with E-state index in [1.165, 1.54) is 0 Å². The summed E-state index contributed by atoms with van der Waals surface area (Å²) in [6.45, 7) is 2.55. The molecule has 0 saturated heterocycles. The van der Waals surface area contributed by atoms with Gasteiger partial charge in [0.15, 0.2) is 0 Å². The molecule has 7 heteroatoms. The van der Waals surface area contributed by atoms with Crippen molar-refractivity contribution in [2.24, 2.45) is 0 Å². The summed E-state index contributed by atoms with van der Waals surface area (Å²) in [5, 5.41) is 0.665. The maximum Gasteiger partial charge on any atom is 0.255 e. The van der Waals surface area contributed by atoms with Crippen LogP contribution in [0.4, 0.5) is 0 Å². The second-order valence-electron chi connectivity index (χ2n) is 6.16. The fourth-order valence-corrected chi connectivity index (χ4v) is 3.73. The van der Waals surface area contributed by atoms with Gasteiger partial charge in [-0.05, 0) is 31.2 Å². The van der Waals surface area contributed by atoms with Crippen LogP contribution < -0.4 is 0 Å². The van der Waals surface area contributed by atoms with Crippen LogP contribution in [0.15, 0.2) is 48.9 Å². The molecule has 0 fully saturated rings. The zero-order valence-corrected chi connectivity index (χ0v) is 15.6. The van der Waals surface area contributed by atoms with Gasteiger partial charge in [0.05, 0.1) is 33.0 Å². The molecule has 0 aliphatic carbocycles. The lowest BCUT2D eigenvalue weighted by molar-refractivity contribution is 0.0672. The summed E-state index contributed by atoms with van der Waals surface area (Å²) in [6, 6.07) is 10.7. The lowest BCUT2D eigenvalue weighted by atomic mass is 10.0. The number of carbonyl (C=O) groups is 1. The lowest BCUT2D eigenvalue weighted by Crippen LogP contribution is -2.39. The number of rotatable bonds is 2. The second kappa shape index (κ2) is 6.74. The molecule has 0 radical (unpaired) electrons. The predicted molar refractivity (Wildman–Crippen MR) is 101 cm³/mol. The third kappa shape index (κ3) is 2.77. The van der Waals surface area contributed by atoms with Gasteiger partial charge in [-0.25, -0.2) is 9.97 Å². The van der Waals surface area contributed by atoms with Gasteiger partial charge in [0.25, 0.3) is 5.91 Å². The average Bonchev–Trinajstić information content (AvgIpc) is 3.09. The second-order valence-corrected chi connectivity index (χ2v) is 6.95. The molecule has 1 aliphatic heterocycles. The monoisotopic (exact) mass is 386 g/mol. The number of hydrogen-bond donors (Lipinski definition) is 0. The van der Waals surface area contributed by atoms with Crippen molar-refractivity contribution in [1.29, 1.82) is 0 Å². The summed E-state index contributed by atoms with van der Waals surface area (Å²) < 4.78 is 1.99. The van der Waals surface area contributed by atoms with Crippen LogP contribution >= 0.6 is 23.2 Å². The minimum atomic E-state index is -0.161. The average molecular weight is 387 g/mol. The Hall–Kier alpha value is -2.37. The molecule has 1 aliphatic rings. The number of fused-ring (bicyclic) bond motifs is 1. The Morgan fingerprint density at radius 2 is 2.00 bits per heavy atom. The minimum absolute atomic E-state index is 0.136. The van der Waals surface area contributed by atoms with Crippen molar-refractivity contribution < 1.29 is 4.79 Å². The zero-order valence-electron chi connectivity index (χ0n) is 14.1. The molecule has 5 nitrogen and oxygen atoms in total. The lowest BCUT2D eigenvalue weighted by Gasteiger charge is -2.33. The molecule has 0 saturated carbocycles. The highest BCUT2D eigenvalue weighted by molar-refractivity contribution is 6.43. The number of halogens is 2. The molecule has 3 heterocycles. The van der Waals surface area contributed by atoms with E-state index in [1.54, 1.807) is 35.6 Å². The first-order valence-corrected chi connectivity index (χ1v) is 9.06. The van der Waals surface area contributed by atoms with E-state index in [1.807, 2.05) is 29.7 Å². The van der Waals surface area contributed by atoms with Crippen molar-refractivity contribution in [3.63, 3.8) is 0 Å². The van der Waals surface area contributed by atoms with Crippen LogP contribution in [0.5, 0.6) is 0 Å². The summed E-state index contributed by atoms with van der Waals surface area (Å²) in [5.41, 5.74) is 2.38. The van der Waals surface area contributed by atoms with Gasteiger partial charge >= 0.3 is 0 Å². The smallest absolute Gasteiger partial charge is 0.255 e. The Balaban J connectivity index is 1.67. The van der Waals surface area contributed by atoms with Crippen LogP contribution in [0.2, 0.25) is 10.0 Å². The van der Waals surface area contributed by atoms with Gasteiger partial charge in [-0.2, -0.15) is 0 Å². The van der Waals surface area contributed by atoms with E-state index >= 15 is 0 Å². The maximum absolute atomic E-state index is 13.0. The molecule has 26 heavy (non-hydrogen) atoms. The Morgan fingerprint density at radius 1 is 1.15 bits per heavy atom. The molecule has 0 unspecified atom stereocenters. The van der Waals surface area contributed by atoms with Crippen LogP contribution in [0.3, 0.4) is 0 Å². The van der Waals surface area contributed by atoms with E-state index in [9.17, 15) is 4.79 Å². The zero-order chi connectivity index (χ0) is 18.3. The van der Waals surface area contributed by atoms with Crippen molar-refractivity contribution >= 4 is 29.1 Å². The van der Waals surface area contributed by atoms with Crippen LogP contribution in [0, 0.1) is 0 Å². The molecule has 132 valence electrons. The van der Waals surface area contributed by atoms with E-state index in [4.69, 9.17) is 23.2 Å². The minimum Gasteiger partial charge on any atom is -0.330 e. The topological polar surface area (TPSA) is 51.0 Å². The highest BCUT2D eigenvalue weighted by Crippen LogP contribution is 2.33. The first-order valence-electron chi connectivity index (χ1n) is 8.30. The molecule has 0 N–H and O–H groups in total. The van der Waals surface area contributed by atoms with Crippen molar-refractivity contribution in [3.8, 4) is 5.82 Å². The highest BCUT2D eigenvalue weighted by atomic mass is 35.5. The number of aromatic nitrogens is 3. The first kappa shape index (κ1) is 17.1. The molecule has 1 atom stereocenters. The van der Waals surface area contributed by atoms with Crippen molar-refractivity contribution in [2.75, 3.05) is 6.54 Å².